The second-order valence-electron chi connectivity index (χ2n) is 3.61. The highest BCUT2D eigenvalue weighted by molar-refractivity contribution is 5.73. The maximum absolute atomic E-state index is 10.6. The first kappa shape index (κ1) is 11.8. The molecule has 0 aliphatic heterocycles. The molecule has 0 aromatic carbocycles. The van der Waals surface area contributed by atoms with Crippen molar-refractivity contribution in [2.24, 2.45) is 0 Å². The Kier molecular flexibility index (Phi) is 4.42. The summed E-state index contributed by atoms with van der Waals surface area (Å²) in [5, 5.41) is 16.8. The van der Waals surface area contributed by atoms with Crippen LogP contribution in [0.1, 0.15) is 42.9 Å². The normalized spacial score (nSPS) is 12.7. The van der Waals surface area contributed by atoms with Crippen molar-refractivity contribution in [3.63, 3.8) is 0 Å². The molecule has 1 unspecified atom stereocenters. The lowest BCUT2D eigenvalue weighted by atomic mass is 10.2. The minimum atomic E-state index is -0.288. The second kappa shape index (κ2) is 5.60. The molecule has 0 radical (unpaired) electrons. The number of carbonyl (C=O) groups excluding carboxylic acids is 1. The number of aliphatic hydroxyl groups excluding tert-OH is 1. The van der Waals surface area contributed by atoms with Crippen LogP contribution in [-0.4, -0.2) is 32.5 Å². The standard InChI is InChI=1S/C10H17N3O2/c1-3-10-9(7-14)11-12-13(10)6-4-5-8(2)15/h7-8,15H,3-6H2,1-2H3. The molecule has 1 heterocycles. The van der Waals surface area contributed by atoms with Gasteiger partial charge >= 0.3 is 0 Å². The highest BCUT2D eigenvalue weighted by Gasteiger charge is 2.09. The van der Waals surface area contributed by atoms with Gasteiger partial charge in [0.25, 0.3) is 0 Å². The summed E-state index contributed by atoms with van der Waals surface area (Å²) >= 11 is 0. The van der Waals surface area contributed by atoms with Gasteiger partial charge in [-0.05, 0) is 26.2 Å². The van der Waals surface area contributed by atoms with Crippen LogP contribution in [0.5, 0.6) is 0 Å². The fourth-order valence-corrected chi connectivity index (χ4v) is 1.52. The van der Waals surface area contributed by atoms with Gasteiger partial charge in [0.2, 0.25) is 0 Å². The molecule has 1 aromatic heterocycles. The summed E-state index contributed by atoms with van der Waals surface area (Å²) in [6.07, 6.45) is 2.77. The van der Waals surface area contributed by atoms with Crippen molar-refractivity contribution in [1.82, 2.24) is 15.0 Å². The van der Waals surface area contributed by atoms with Gasteiger partial charge in [-0.15, -0.1) is 5.10 Å². The Balaban J connectivity index is 2.60. The summed E-state index contributed by atoms with van der Waals surface area (Å²) in [7, 11) is 0. The predicted molar refractivity (Wildman–Crippen MR) is 55.7 cm³/mol. The van der Waals surface area contributed by atoms with Gasteiger partial charge in [0, 0.05) is 6.54 Å². The summed E-state index contributed by atoms with van der Waals surface area (Å²) in [5.74, 6) is 0. The zero-order chi connectivity index (χ0) is 11.3. The lowest BCUT2D eigenvalue weighted by Gasteiger charge is -2.06. The van der Waals surface area contributed by atoms with Gasteiger partial charge < -0.3 is 5.11 Å². The van der Waals surface area contributed by atoms with Crippen LogP contribution in [0.3, 0.4) is 0 Å². The highest BCUT2D eigenvalue weighted by atomic mass is 16.3. The minimum absolute atomic E-state index is 0.288. The first-order valence-corrected chi connectivity index (χ1v) is 5.24. The monoisotopic (exact) mass is 211 g/mol. The third kappa shape index (κ3) is 3.13. The fourth-order valence-electron chi connectivity index (χ4n) is 1.52. The lowest BCUT2D eigenvalue weighted by molar-refractivity contribution is 0.111. The number of rotatable bonds is 6. The van der Waals surface area contributed by atoms with Crippen LogP contribution < -0.4 is 0 Å². The van der Waals surface area contributed by atoms with Crippen LogP contribution in [0, 0.1) is 0 Å². The summed E-state index contributed by atoms with van der Waals surface area (Å²) < 4.78 is 1.74. The van der Waals surface area contributed by atoms with Crippen molar-refractivity contribution in [1.29, 1.82) is 0 Å². The van der Waals surface area contributed by atoms with Crippen LogP contribution in [0.2, 0.25) is 0 Å². The Labute approximate surface area is 89.1 Å². The van der Waals surface area contributed by atoms with Gasteiger partial charge in [0.15, 0.2) is 6.29 Å². The van der Waals surface area contributed by atoms with E-state index in [2.05, 4.69) is 10.3 Å². The Bertz CT molecular complexity index is 320. The number of hydrogen-bond acceptors (Lipinski definition) is 4. The zero-order valence-electron chi connectivity index (χ0n) is 9.18. The molecule has 5 heteroatoms. The molecule has 0 spiro atoms. The fraction of sp³-hybridized carbons (Fsp3) is 0.700. The van der Waals surface area contributed by atoms with E-state index in [9.17, 15) is 4.79 Å². The molecule has 1 atom stereocenters. The maximum atomic E-state index is 10.6. The molecule has 15 heavy (non-hydrogen) atoms. The highest BCUT2D eigenvalue weighted by Crippen LogP contribution is 2.06. The number of aliphatic hydroxyl groups is 1. The third-order valence-electron chi connectivity index (χ3n) is 2.31. The van der Waals surface area contributed by atoms with Crippen LogP contribution in [0.4, 0.5) is 0 Å². The Morgan fingerprint density at radius 3 is 2.87 bits per heavy atom. The van der Waals surface area contributed by atoms with E-state index in [1.54, 1.807) is 11.6 Å². The number of hydrogen-bond donors (Lipinski definition) is 1. The van der Waals surface area contributed by atoms with Crippen molar-refractivity contribution < 1.29 is 9.90 Å². The number of aryl methyl sites for hydroxylation is 1. The largest absolute Gasteiger partial charge is 0.393 e. The van der Waals surface area contributed by atoms with E-state index >= 15 is 0 Å². The second-order valence-corrected chi connectivity index (χ2v) is 3.61. The summed E-state index contributed by atoms with van der Waals surface area (Å²) in [4.78, 5) is 10.6. The number of aldehydes is 1. The van der Waals surface area contributed by atoms with Gasteiger partial charge in [0.1, 0.15) is 5.69 Å². The zero-order valence-corrected chi connectivity index (χ0v) is 9.18. The van der Waals surface area contributed by atoms with Gasteiger partial charge in [-0.25, -0.2) is 4.68 Å². The van der Waals surface area contributed by atoms with E-state index in [0.717, 1.165) is 31.2 Å². The molecule has 0 saturated heterocycles. The molecule has 84 valence electrons. The molecule has 1 aromatic rings. The molecule has 1 rings (SSSR count). The Morgan fingerprint density at radius 1 is 1.60 bits per heavy atom. The molecule has 1 N–H and O–H groups in total. The number of carbonyl (C=O) groups is 1. The topological polar surface area (TPSA) is 68.0 Å². The first-order valence-electron chi connectivity index (χ1n) is 5.24. The molecule has 5 nitrogen and oxygen atoms in total. The van der Waals surface area contributed by atoms with Crippen LogP contribution in [-0.2, 0) is 13.0 Å². The van der Waals surface area contributed by atoms with Crippen molar-refractivity contribution >= 4 is 6.29 Å². The minimum Gasteiger partial charge on any atom is -0.393 e. The molecular weight excluding hydrogens is 194 g/mol. The van der Waals surface area contributed by atoms with Crippen molar-refractivity contribution in [2.75, 3.05) is 0 Å². The van der Waals surface area contributed by atoms with E-state index in [1.807, 2.05) is 6.92 Å². The van der Waals surface area contributed by atoms with E-state index in [-0.39, 0.29) is 6.10 Å². The SMILES string of the molecule is CCc1c(C=O)nnn1CCCC(C)O. The smallest absolute Gasteiger partial charge is 0.172 e. The number of nitrogens with zero attached hydrogens (tertiary/aromatic N) is 3. The van der Waals surface area contributed by atoms with Crippen LogP contribution >= 0.6 is 0 Å². The molecule has 0 aliphatic carbocycles. The lowest BCUT2D eigenvalue weighted by Crippen LogP contribution is -2.08. The molecule has 0 amide bonds. The quantitative estimate of drug-likeness (QED) is 0.707. The van der Waals surface area contributed by atoms with Gasteiger partial charge in [-0.1, -0.05) is 12.1 Å². The average molecular weight is 211 g/mol. The van der Waals surface area contributed by atoms with Gasteiger partial charge in [-0.2, -0.15) is 0 Å². The van der Waals surface area contributed by atoms with Gasteiger partial charge in [-0.3, -0.25) is 4.79 Å². The van der Waals surface area contributed by atoms with E-state index in [4.69, 9.17) is 5.11 Å². The van der Waals surface area contributed by atoms with Crippen LogP contribution in [0.25, 0.3) is 0 Å². The first-order chi connectivity index (χ1) is 7.19. The Hall–Kier alpha value is -1.23. The van der Waals surface area contributed by atoms with Gasteiger partial charge in [0.05, 0.1) is 11.8 Å². The molecule has 0 saturated carbocycles. The molecular formula is C10H17N3O2. The van der Waals surface area contributed by atoms with E-state index in [1.165, 1.54) is 0 Å². The molecule has 0 fully saturated rings. The summed E-state index contributed by atoms with van der Waals surface area (Å²) in [6, 6.07) is 0. The Morgan fingerprint density at radius 2 is 2.33 bits per heavy atom. The van der Waals surface area contributed by atoms with Crippen molar-refractivity contribution in [3.8, 4) is 0 Å². The van der Waals surface area contributed by atoms with Crippen molar-refractivity contribution in [2.45, 2.75) is 45.8 Å². The number of aromatic nitrogens is 3. The maximum Gasteiger partial charge on any atom is 0.172 e. The summed E-state index contributed by atoms with van der Waals surface area (Å²) in [6.45, 7) is 4.44. The van der Waals surface area contributed by atoms with E-state index < -0.39 is 0 Å². The van der Waals surface area contributed by atoms with Crippen LogP contribution in [0.15, 0.2) is 0 Å². The predicted octanol–water partition coefficient (Wildman–Crippen LogP) is 0.814. The third-order valence-corrected chi connectivity index (χ3v) is 2.31. The summed E-state index contributed by atoms with van der Waals surface area (Å²) in [5.41, 5.74) is 1.30. The molecule has 0 aliphatic rings. The van der Waals surface area contributed by atoms with Crippen molar-refractivity contribution in [3.05, 3.63) is 11.4 Å². The van der Waals surface area contributed by atoms with E-state index in [0.29, 0.717) is 12.2 Å². The molecule has 0 bridgehead atoms. The average Bonchev–Trinajstić information content (AvgIpc) is 2.59.